The third-order valence-corrected chi connectivity index (χ3v) is 2.01. The zero-order valence-corrected chi connectivity index (χ0v) is 7.70. The SMILES string of the molecule is CCCN(S)C(C)(C)C. The van der Waals surface area contributed by atoms with Crippen molar-refractivity contribution >= 4 is 12.8 Å². The van der Waals surface area contributed by atoms with Gasteiger partial charge in [-0.1, -0.05) is 19.7 Å². The Labute approximate surface area is 64.0 Å². The number of thiol groups is 1. The molecule has 0 aromatic carbocycles. The summed E-state index contributed by atoms with van der Waals surface area (Å²) in [6.45, 7) is 9.71. The molecule has 0 heterocycles. The average molecular weight is 147 g/mol. The van der Waals surface area contributed by atoms with E-state index < -0.39 is 0 Å². The summed E-state index contributed by atoms with van der Waals surface area (Å²) in [6, 6.07) is 0. The van der Waals surface area contributed by atoms with Crippen molar-refractivity contribution in [3.8, 4) is 0 Å². The van der Waals surface area contributed by atoms with Gasteiger partial charge in [-0.25, -0.2) is 4.31 Å². The highest BCUT2D eigenvalue weighted by atomic mass is 32.1. The van der Waals surface area contributed by atoms with Crippen LogP contribution in [-0.4, -0.2) is 16.4 Å². The normalized spacial score (nSPS) is 12.7. The first kappa shape index (κ1) is 9.31. The van der Waals surface area contributed by atoms with Gasteiger partial charge in [0.2, 0.25) is 0 Å². The summed E-state index contributed by atoms with van der Waals surface area (Å²) >= 11 is 4.32. The van der Waals surface area contributed by atoms with Gasteiger partial charge in [-0.05, 0) is 27.2 Å². The van der Waals surface area contributed by atoms with Crippen molar-refractivity contribution in [1.82, 2.24) is 4.31 Å². The minimum absolute atomic E-state index is 0.207. The lowest BCUT2D eigenvalue weighted by Crippen LogP contribution is -2.34. The summed E-state index contributed by atoms with van der Waals surface area (Å²) < 4.78 is 2.06. The zero-order valence-electron chi connectivity index (χ0n) is 6.81. The van der Waals surface area contributed by atoms with Crippen LogP contribution in [0.1, 0.15) is 34.1 Å². The molecular weight excluding hydrogens is 130 g/mol. The van der Waals surface area contributed by atoms with Gasteiger partial charge in [0.05, 0.1) is 0 Å². The Balaban J connectivity index is 3.59. The molecule has 56 valence electrons. The minimum atomic E-state index is 0.207. The van der Waals surface area contributed by atoms with Gasteiger partial charge in [-0.15, -0.1) is 0 Å². The highest BCUT2D eigenvalue weighted by Gasteiger charge is 2.15. The van der Waals surface area contributed by atoms with E-state index in [0.29, 0.717) is 0 Å². The van der Waals surface area contributed by atoms with Crippen molar-refractivity contribution in [3.63, 3.8) is 0 Å². The quantitative estimate of drug-likeness (QED) is 0.587. The second-order valence-electron chi connectivity index (χ2n) is 3.29. The molecule has 0 unspecified atom stereocenters. The molecule has 0 saturated heterocycles. The number of hydrogen-bond donors (Lipinski definition) is 1. The van der Waals surface area contributed by atoms with Crippen molar-refractivity contribution in [2.75, 3.05) is 6.54 Å². The van der Waals surface area contributed by atoms with Gasteiger partial charge in [-0.3, -0.25) is 0 Å². The maximum atomic E-state index is 4.32. The topological polar surface area (TPSA) is 3.24 Å². The third-order valence-electron chi connectivity index (χ3n) is 1.21. The molecule has 0 bridgehead atoms. The van der Waals surface area contributed by atoms with Gasteiger partial charge in [0, 0.05) is 12.1 Å². The van der Waals surface area contributed by atoms with Crippen LogP contribution in [0.4, 0.5) is 0 Å². The highest BCUT2D eigenvalue weighted by molar-refractivity contribution is 7.77. The molecule has 0 aromatic rings. The van der Waals surface area contributed by atoms with Gasteiger partial charge in [-0.2, -0.15) is 0 Å². The minimum Gasteiger partial charge on any atom is -0.248 e. The van der Waals surface area contributed by atoms with Gasteiger partial charge in [0.25, 0.3) is 0 Å². The van der Waals surface area contributed by atoms with Crippen molar-refractivity contribution in [2.24, 2.45) is 0 Å². The molecule has 0 saturated carbocycles. The van der Waals surface area contributed by atoms with Crippen LogP contribution >= 0.6 is 12.8 Å². The first-order valence-corrected chi connectivity index (χ1v) is 3.85. The maximum Gasteiger partial charge on any atom is 0.0226 e. The van der Waals surface area contributed by atoms with E-state index in [4.69, 9.17) is 0 Å². The van der Waals surface area contributed by atoms with Gasteiger partial charge in [0.1, 0.15) is 0 Å². The van der Waals surface area contributed by atoms with Crippen LogP contribution < -0.4 is 0 Å². The smallest absolute Gasteiger partial charge is 0.0226 e. The van der Waals surface area contributed by atoms with Crippen LogP contribution in [0.25, 0.3) is 0 Å². The van der Waals surface area contributed by atoms with Crippen molar-refractivity contribution in [2.45, 2.75) is 39.7 Å². The van der Waals surface area contributed by atoms with E-state index in [-0.39, 0.29) is 5.54 Å². The zero-order chi connectivity index (χ0) is 7.49. The van der Waals surface area contributed by atoms with Crippen LogP contribution in [0.2, 0.25) is 0 Å². The summed E-state index contributed by atoms with van der Waals surface area (Å²) in [5.41, 5.74) is 0.207. The van der Waals surface area contributed by atoms with E-state index in [1.54, 1.807) is 0 Å². The van der Waals surface area contributed by atoms with Crippen molar-refractivity contribution in [3.05, 3.63) is 0 Å². The Bertz CT molecular complexity index is 75.5. The molecule has 0 aliphatic rings. The number of hydrogen-bond acceptors (Lipinski definition) is 2. The van der Waals surface area contributed by atoms with E-state index in [9.17, 15) is 0 Å². The van der Waals surface area contributed by atoms with Crippen molar-refractivity contribution in [1.29, 1.82) is 0 Å². The Hall–Kier alpha value is 0.310. The van der Waals surface area contributed by atoms with Gasteiger partial charge in [0.15, 0.2) is 0 Å². The van der Waals surface area contributed by atoms with Gasteiger partial charge < -0.3 is 0 Å². The largest absolute Gasteiger partial charge is 0.248 e. The fraction of sp³-hybridized carbons (Fsp3) is 1.00. The molecule has 0 aliphatic heterocycles. The second kappa shape index (κ2) is 3.47. The standard InChI is InChI=1S/C7H17NS/c1-5-6-8(9)7(2,3)4/h9H,5-6H2,1-4H3. The predicted octanol–water partition coefficient (Wildman–Crippen LogP) is 2.34. The van der Waals surface area contributed by atoms with E-state index in [2.05, 4.69) is 44.8 Å². The van der Waals surface area contributed by atoms with E-state index in [0.717, 1.165) is 6.54 Å². The first-order valence-electron chi connectivity index (χ1n) is 3.45. The number of nitrogens with zero attached hydrogens (tertiary/aromatic N) is 1. The summed E-state index contributed by atoms with van der Waals surface area (Å²) in [7, 11) is 0. The van der Waals surface area contributed by atoms with Crippen LogP contribution in [0.15, 0.2) is 0 Å². The summed E-state index contributed by atoms with van der Waals surface area (Å²) in [6.07, 6.45) is 1.17. The fourth-order valence-electron chi connectivity index (χ4n) is 0.547. The van der Waals surface area contributed by atoms with E-state index in [1.807, 2.05) is 0 Å². The van der Waals surface area contributed by atoms with E-state index in [1.165, 1.54) is 6.42 Å². The Kier molecular flexibility index (Phi) is 3.59. The lowest BCUT2D eigenvalue weighted by atomic mass is 10.1. The Morgan fingerprint density at radius 3 is 1.89 bits per heavy atom. The maximum absolute atomic E-state index is 4.32. The second-order valence-corrected chi connectivity index (χ2v) is 3.78. The monoisotopic (exact) mass is 147 g/mol. The van der Waals surface area contributed by atoms with Crippen LogP contribution in [0.5, 0.6) is 0 Å². The molecule has 0 N–H and O–H groups in total. The summed E-state index contributed by atoms with van der Waals surface area (Å²) in [5.74, 6) is 0. The molecule has 0 aromatic heterocycles. The van der Waals surface area contributed by atoms with E-state index >= 15 is 0 Å². The molecular formula is C7H17NS. The molecule has 0 radical (unpaired) electrons. The average Bonchev–Trinajstić information content (AvgIpc) is 1.64. The van der Waals surface area contributed by atoms with Crippen LogP contribution in [0.3, 0.4) is 0 Å². The summed E-state index contributed by atoms with van der Waals surface area (Å²) in [4.78, 5) is 0. The fourth-order valence-corrected chi connectivity index (χ4v) is 0.747. The number of rotatable bonds is 2. The van der Waals surface area contributed by atoms with Gasteiger partial charge >= 0.3 is 0 Å². The molecule has 0 aliphatic carbocycles. The molecule has 0 atom stereocenters. The highest BCUT2D eigenvalue weighted by Crippen LogP contribution is 2.14. The first-order chi connectivity index (χ1) is 3.98. The lowest BCUT2D eigenvalue weighted by molar-refractivity contribution is 0.278. The predicted molar refractivity (Wildman–Crippen MR) is 45.7 cm³/mol. The van der Waals surface area contributed by atoms with Crippen molar-refractivity contribution < 1.29 is 0 Å². The lowest BCUT2D eigenvalue weighted by Gasteiger charge is -2.29. The Morgan fingerprint density at radius 2 is 1.78 bits per heavy atom. The molecule has 0 rings (SSSR count). The summed E-state index contributed by atoms with van der Waals surface area (Å²) in [5, 5.41) is 0. The molecule has 9 heavy (non-hydrogen) atoms. The molecule has 0 amide bonds. The van der Waals surface area contributed by atoms with Crippen LogP contribution in [-0.2, 0) is 0 Å². The Morgan fingerprint density at radius 1 is 1.33 bits per heavy atom. The molecule has 1 nitrogen and oxygen atoms in total. The third kappa shape index (κ3) is 3.82. The molecule has 0 fully saturated rings. The molecule has 2 heteroatoms. The van der Waals surface area contributed by atoms with Crippen LogP contribution in [0, 0.1) is 0 Å². The molecule has 0 spiro atoms.